The molecule has 0 radical (unpaired) electrons. The summed E-state index contributed by atoms with van der Waals surface area (Å²) in [5, 5.41) is 9.60. The quantitative estimate of drug-likeness (QED) is 0.285. The van der Waals surface area contributed by atoms with Gasteiger partial charge < -0.3 is 14.4 Å². The first-order chi connectivity index (χ1) is 20.2. The summed E-state index contributed by atoms with van der Waals surface area (Å²) in [5.41, 5.74) is 4.71. The van der Waals surface area contributed by atoms with Crippen LogP contribution in [0.3, 0.4) is 0 Å². The number of nitrogens with zero attached hydrogens (tertiary/aromatic N) is 3. The van der Waals surface area contributed by atoms with E-state index in [9.17, 15) is 23.1 Å². The number of hydrogen-bond donors (Lipinski definition) is 2. The maximum Gasteiger partial charge on any atom is 0.335 e. The van der Waals surface area contributed by atoms with E-state index >= 15 is 0 Å². The van der Waals surface area contributed by atoms with Gasteiger partial charge in [-0.1, -0.05) is 49.4 Å². The molecule has 1 aromatic heterocycles. The summed E-state index contributed by atoms with van der Waals surface area (Å²) < 4.78 is 36.1. The lowest BCUT2D eigenvalue weighted by molar-refractivity contribution is -0.121. The minimum atomic E-state index is -4.11. The van der Waals surface area contributed by atoms with E-state index in [0.29, 0.717) is 44.0 Å². The first kappa shape index (κ1) is 29.4. The lowest BCUT2D eigenvalue weighted by Gasteiger charge is -2.25. The molecule has 0 aliphatic carbocycles. The summed E-state index contributed by atoms with van der Waals surface area (Å²) in [7, 11) is -4.11. The van der Waals surface area contributed by atoms with Crippen LogP contribution < -0.4 is 4.72 Å². The smallest absolute Gasteiger partial charge is 0.335 e. The van der Waals surface area contributed by atoms with E-state index in [1.807, 2.05) is 36.1 Å². The van der Waals surface area contributed by atoms with Gasteiger partial charge in [0, 0.05) is 31.6 Å². The number of carboxylic acids is 1. The number of rotatable bonds is 10. The predicted molar refractivity (Wildman–Crippen MR) is 159 cm³/mol. The van der Waals surface area contributed by atoms with Gasteiger partial charge in [-0.25, -0.2) is 22.9 Å². The molecule has 42 heavy (non-hydrogen) atoms. The van der Waals surface area contributed by atoms with E-state index in [1.54, 1.807) is 30.3 Å². The van der Waals surface area contributed by atoms with Crippen LogP contribution in [0.5, 0.6) is 0 Å². The molecule has 2 N–H and O–H groups in total. The number of carbonyl (C=O) groups excluding carboxylic acids is 1. The van der Waals surface area contributed by atoms with Gasteiger partial charge >= 0.3 is 5.97 Å². The number of sulfonamides is 1. The zero-order chi connectivity index (χ0) is 29.9. The zero-order valence-corrected chi connectivity index (χ0v) is 24.5. The average Bonchev–Trinajstić information content (AvgIpc) is 3.31. The first-order valence-corrected chi connectivity index (χ1v) is 15.4. The number of carboxylic acid groups (broad SMARTS) is 1. The Morgan fingerprint density at radius 1 is 1.05 bits per heavy atom. The molecule has 1 amide bonds. The molecule has 3 aromatic carbocycles. The van der Waals surface area contributed by atoms with E-state index in [1.165, 1.54) is 6.07 Å². The van der Waals surface area contributed by atoms with Gasteiger partial charge in [-0.2, -0.15) is 0 Å². The van der Waals surface area contributed by atoms with E-state index in [4.69, 9.17) is 9.72 Å². The normalized spacial score (nSPS) is 14.2. The number of hydrogen-bond acceptors (Lipinski definition) is 7. The second kappa shape index (κ2) is 12.4. The number of benzene rings is 3. The largest absolute Gasteiger partial charge is 0.478 e. The summed E-state index contributed by atoms with van der Waals surface area (Å²) in [5.74, 6) is -0.690. The standard InChI is InChI=1S/C31H34N4O6S/c1-3-6-28-32-30-21(2)17-24(31(37)38)18-26(30)35(28)19-22-9-11-23(12-10-22)25-7-4-5-8-27(25)42(39,40)33-29(36)20-34-13-15-41-16-14-34/h4-5,7-12,17-18H,3,6,13-16,19-20H2,1-2H3,(H,33,36)(H,37,38). The van der Waals surface area contributed by atoms with Crippen molar-refractivity contribution < 1.29 is 27.9 Å². The molecular formula is C31H34N4O6S. The summed E-state index contributed by atoms with van der Waals surface area (Å²) >= 11 is 0. The minimum absolute atomic E-state index is 0.0180. The molecule has 220 valence electrons. The first-order valence-electron chi connectivity index (χ1n) is 13.9. The van der Waals surface area contributed by atoms with Gasteiger partial charge in [0.05, 0.1) is 41.3 Å². The Balaban J connectivity index is 1.40. The predicted octanol–water partition coefficient (Wildman–Crippen LogP) is 3.85. The number of carbonyl (C=O) groups is 2. The Labute approximate surface area is 245 Å². The topological polar surface area (TPSA) is 131 Å². The van der Waals surface area contributed by atoms with Gasteiger partial charge in [-0.15, -0.1) is 0 Å². The lowest BCUT2D eigenvalue weighted by Crippen LogP contribution is -2.44. The van der Waals surface area contributed by atoms with Crippen molar-refractivity contribution in [1.29, 1.82) is 0 Å². The fourth-order valence-corrected chi connectivity index (χ4v) is 6.47. The van der Waals surface area contributed by atoms with Crippen LogP contribution in [0.2, 0.25) is 0 Å². The zero-order valence-electron chi connectivity index (χ0n) is 23.7. The fraction of sp³-hybridized carbons (Fsp3) is 0.323. The van der Waals surface area contributed by atoms with Gasteiger partial charge in [-0.05, 0) is 48.2 Å². The number of nitrogens with one attached hydrogen (secondary N) is 1. The number of aryl methyl sites for hydroxylation is 2. The molecule has 0 bridgehead atoms. The Kier molecular flexibility index (Phi) is 8.72. The SMILES string of the molecule is CCCc1nc2c(C)cc(C(=O)O)cc2n1Cc1ccc(-c2ccccc2S(=O)(=O)NC(=O)CN2CCOCC2)cc1. The van der Waals surface area contributed by atoms with Gasteiger partial charge in [0.25, 0.3) is 10.0 Å². The van der Waals surface area contributed by atoms with Crippen molar-refractivity contribution in [3.05, 3.63) is 83.2 Å². The maximum atomic E-state index is 13.3. The Bertz CT molecular complexity index is 1720. The Morgan fingerprint density at radius 2 is 1.76 bits per heavy atom. The molecule has 10 nitrogen and oxygen atoms in total. The minimum Gasteiger partial charge on any atom is -0.478 e. The molecule has 0 unspecified atom stereocenters. The summed E-state index contributed by atoms with van der Waals surface area (Å²) in [6.45, 7) is 6.58. The highest BCUT2D eigenvalue weighted by atomic mass is 32.2. The Morgan fingerprint density at radius 3 is 2.45 bits per heavy atom. The number of aromatic nitrogens is 2. The number of amides is 1. The van der Waals surface area contributed by atoms with E-state index in [2.05, 4.69) is 16.2 Å². The second-order valence-corrected chi connectivity index (χ2v) is 12.1. The molecule has 4 aromatic rings. The number of fused-ring (bicyclic) bond motifs is 1. The van der Waals surface area contributed by atoms with Crippen molar-refractivity contribution in [3.8, 4) is 11.1 Å². The average molecular weight is 591 g/mol. The molecule has 11 heteroatoms. The van der Waals surface area contributed by atoms with Crippen LogP contribution in [0.4, 0.5) is 0 Å². The van der Waals surface area contributed by atoms with Crippen molar-refractivity contribution in [2.75, 3.05) is 32.8 Å². The number of imidazole rings is 1. The van der Waals surface area contributed by atoms with Gasteiger partial charge in [0.1, 0.15) is 5.82 Å². The van der Waals surface area contributed by atoms with E-state index in [0.717, 1.165) is 40.8 Å². The van der Waals surface area contributed by atoms with Crippen LogP contribution in [0.25, 0.3) is 22.2 Å². The van der Waals surface area contributed by atoms with Crippen molar-refractivity contribution in [2.45, 2.75) is 38.1 Å². The molecule has 0 spiro atoms. The van der Waals surface area contributed by atoms with Crippen LogP contribution in [0, 0.1) is 6.92 Å². The van der Waals surface area contributed by atoms with Crippen LogP contribution in [-0.2, 0) is 32.5 Å². The van der Waals surface area contributed by atoms with Crippen LogP contribution in [0.15, 0.2) is 65.6 Å². The van der Waals surface area contributed by atoms with Crippen molar-refractivity contribution in [3.63, 3.8) is 0 Å². The van der Waals surface area contributed by atoms with Crippen LogP contribution >= 0.6 is 0 Å². The maximum absolute atomic E-state index is 13.3. The van der Waals surface area contributed by atoms with E-state index in [-0.39, 0.29) is 17.0 Å². The number of ether oxygens (including phenoxy) is 1. The highest BCUT2D eigenvalue weighted by molar-refractivity contribution is 7.90. The number of aromatic carboxylic acids is 1. The van der Waals surface area contributed by atoms with Crippen molar-refractivity contribution >= 4 is 32.9 Å². The molecule has 0 saturated carbocycles. The molecular weight excluding hydrogens is 556 g/mol. The van der Waals surface area contributed by atoms with E-state index < -0.39 is 21.9 Å². The lowest BCUT2D eigenvalue weighted by atomic mass is 10.0. The third-order valence-electron chi connectivity index (χ3n) is 7.35. The van der Waals surface area contributed by atoms with Crippen molar-refractivity contribution in [1.82, 2.24) is 19.2 Å². The molecule has 0 atom stereocenters. The second-order valence-electron chi connectivity index (χ2n) is 10.4. The molecule has 5 rings (SSSR count). The van der Waals surface area contributed by atoms with Gasteiger partial charge in [0.15, 0.2) is 0 Å². The highest BCUT2D eigenvalue weighted by Crippen LogP contribution is 2.29. The monoisotopic (exact) mass is 590 g/mol. The van der Waals surface area contributed by atoms with Crippen LogP contribution in [-0.4, -0.2) is 72.7 Å². The van der Waals surface area contributed by atoms with Crippen LogP contribution in [0.1, 0.15) is 40.7 Å². The highest BCUT2D eigenvalue weighted by Gasteiger charge is 2.24. The summed E-state index contributed by atoms with van der Waals surface area (Å²) in [4.78, 5) is 31.0. The molecule has 1 fully saturated rings. The molecule has 1 aliphatic heterocycles. The molecule has 1 aliphatic rings. The molecule has 2 heterocycles. The third kappa shape index (κ3) is 6.38. The number of morpholine rings is 1. The van der Waals surface area contributed by atoms with Gasteiger partial charge in [-0.3, -0.25) is 9.69 Å². The third-order valence-corrected chi connectivity index (χ3v) is 8.78. The summed E-state index contributed by atoms with van der Waals surface area (Å²) in [6, 6.07) is 17.5. The van der Waals surface area contributed by atoms with Gasteiger partial charge in [0.2, 0.25) is 5.91 Å². The Hall–Kier alpha value is -4.06. The fourth-order valence-electron chi connectivity index (χ4n) is 5.27. The van der Waals surface area contributed by atoms with Crippen molar-refractivity contribution in [2.24, 2.45) is 0 Å². The summed E-state index contributed by atoms with van der Waals surface area (Å²) in [6.07, 6.45) is 1.64. The molecule has 1 saturated heterocycles.